The Hall–Kier alpha value is -1.45. The second-order valence-corrected chi connectivity index (χ2v) is 5.47. The number of hydrogen-bond donors (Lipinski definition) is 2. The Morgan fingerprint density at radius 3 is 2.63 bits per heavy atom. The minimum atomic E-state index is -3.80. The summed E-state index contributed by atoms with van der Waals surface area (Å²) in [6.45, 7) is 5.09. The molecule has 9 heteroatoms. The van der Waals surface area contributed by atoms with Crippen molar-refractivity contribution < 1.29 is 23.2 Å². The van der Waals surface area contributed by atoms with Crippen molar-refractivity contribution in [1.82, 2.24) is 14.7 Å². The summed E-state index contributed by atoms with van der Waals surface area (Å²) < 4.78 is 25.3. The SMILES string of the molecule is CCONS(=O)(=O)c1c(C)nn(CCC(=O)O)c1C. The monoisotopic (exact) mass is 291 g/mol. The zero-order valence-electron chi connectivity index (χ0n) is 11.0. The molecule has 0 aromatic carbocycles. The van der Waals surface area contributed by atoms with Gasteiger partial charge in [0.15, 0.2) is 0 Å². The van der Waals surface area contributed by atoms with Crippen LogP contribution in [0, 0.1) is 13.8 Å². The topological polar surface area (TPSA) is 111 Å². The standard InChI is InChI=1S/C10H17N3O5S/c1-4-18-12-19(16,17)10-7(2)11-13(8(10)3)6-5-9(14)15/h12H,4-6H2,1-3H3,(H,14,15). The molecular formula is C10H17N3O5S. The molecule has 0 aliphatic carbocycles. The summed E-state index contributed by atoms with van der Waals surface area (Å²) in [7, 11) is -3.80. The molecule has 1 aromatic heterocycles. The van der Waals surface area contributed by atoms with E-state index in [2.05, 4.69) is 5.10 Å². The molecule has 1 rings (SSSR count). The zero-order chi connectivity index (χ0) is 14.6. The van der Waals surface area contributed by atoms with Crippen LogP contribution in [0.2, 0.25) is 0 Å². The Morgan fingerprint density at radius 1 is 1.47 bits per heavy atom. The first-order valence-electron chi connectivity index (χ1n) is 5.69. The van der Waals surface area contributed by atoms with E-state index in [1.54, 1.807) is 20.8 Å². The molecule has 0 amide bonds. The fourth-order valence-electron chi connectivity index (χ4n) is 1.67. The van der Waals surface area contributed by atoms with Crippen molar-refractivity contribution in [3.05, 3.63) is 11.4 Å². The molecular weight excluding hydrogens is 274 g/mol. The van der Waals surface area contributed by atoms with E-state index in [0.29, 0.717) is 11.4 Å². The van der Waals surface area contributed by atoms with Crippen LogP contribution in [0.3, 0.4) is 0 Å². The molecule has 1 aromatic rings. The normalized spacial score (nSPS) is 11.7. The summed E-state index contributed by atoms with van der Waals surface area (Å²) in [4.78, 5) is 17.2. The molecule has 0 atom stereocenters. The number of nitrogens with one attached hydrogen (secondary N) is 1. The quantitative estimate of drug-likeness (QED) is 0.694. The summed E-state index contributed by atoms with van der Waals surface area (Å²) in [5, 5.41) is 12.7. The van der Waals surface area contributed by atoms with Gasteiger partial charge in [-0.25, -0.2) is 8.42 Å². The van der Waals surface area contributed by atoms with Crippen LogP contribution in [0.4, 0.5) is 0 Å². The van der Waals surface area contributed by atoms with Gasteiger partial charge in [0.05, 0.1) is 31.0 Å². The van der Waals surface area contributed by atoms with Crippen LogP contribution in [-0.4, -0.2) is 35.9 Å². The van der Waals surface area contributed by atoms with Gasteiger partial charge in [-0.05, 0) is 20.8 Å². The van der Waals surface area contributed by atoms with E-state index in [-0.39, 0.29) is 24.5 Å². The van der Waals surface area contributed by atoms with Gasteiger partial charge in [-0.1, -0.05) is 4.89 Å². The number of nitrogens with zero attached hydrogens (tertiary/aromatic N) is 2. The number of aliphatic carboxylic acids is 1. The number of rotatable bonds is 7. The van der Waals surface area contributed by atoms with Gasteiger partial charge in [0.1, 0.15) is 4.90 Å². The van der Waals surface area contributed by atoms with Crippen LogP contribution >= 0.6 is 0 Å². The first kappa shape index (κ1) is 15.6. The summed E-state index contributed by atoms with van der Waals surface area (Å²) in [5.41, 5.74) is 0.682. The lowest BCUT2D eigenvalue weighted by molar-refractivity contribution is -0.137. The Balaban J connectivity index is 3.06. The minimum absolute atomic E-state index is 0.0198. The van der Waals surface area contributed by atoms with Crippen LogP contribution in [0.1, 0.15) is 24.7 Å². The molecule has 1 heterocycles. The third kappa shape index (κ3) is 3.75. The van der Waals surface area contributed by atoms with E-state index in [9.17, 15) is 13.2 Å². The zero-order valence-corrected chi connectivity index (χ0v) is 11.8. The summed E-state index contributed by atoms with van der Waals surface area (Å²) in [6, 6.07) is 0. The number of carbonyl (C=O) groups is 1. The first-order chi connectivity index (χ1) is 8.79. The van der Waals surface area contributed by atoms with Crippen molar-refractivity contribution in [1.29, 1.82) is 0 Å². The fraction of sp³-hybridized carbons (Fsp3) is 0.600. The van der Waals surface area contributed by atoms with Crippen molar-refractivity contribution in [2.24, 2.45) is 0 Å². The van der Waals surface area contributed by atoms with Gasteiger partial charge in [-0.15, -0.1) is 0 Å². The molecule has 0 fully saturated rings. The van der Waals surface area contributed by atoms with E-state index in [4.69, 9.17) is 9.94 Å². The largest absolute Gasteiger partial charge is 0.481 e. The van der Waals surface area contributed by atoms with Gasteiger partial charge < -0.3 is 5.11 Å². The average Bonchev–Trinajstić information content (AvgIpc) is 2.59. The van der Waals surface area contributed by atoms with Gasteiger partial charge in [0.2, 0.25) is 0 Å². The molecule has 0 bridgehead atoms. The lowest BCUT2D eigenvalue weighted by Crippen LogP contribution is -2.25. The number of carboxylic acids is 1. The van der Waals surface area contributed by atoms with Gasteiger partial charge in [0.25, 0.3) is 10.0 Å². The third-order valence-electron chi connectivity index (χ3n) is 2.43. The second kappa shape index (κ2) is 6.13. The number of hydrogen-bond acceptors (Lipinski definition) is 5. The second-order valence-electron chi connectivity index (χ2n) is 3.89. The van der Waals surface area contributed by atoms with Crippen LogP contribution in [0.5, 0.6) is 0 Å². The lowest BCUT2D eigenvalue weighted by atomic mass is 10.4. The molecule has 2 N–H and O–H groups in total. The summed E-state index contributed by atoms with van der Waals surface area (Å²) in [5.74, 6) is -0.968. The Morgan fingerprint density at radius 2 is 2.11 bits per heavy atom. The van der Waals surface area contributed by atoms with Crippen molar-refractivity contribution >= 4 is 16.0 Å². The lowest BCUT2D eigenvalue weighted by Gasteiger charge is -2.06. The molecule has 0 saturated carbocycles. The van der Waals surface area contributed by atoms with E-state index >= 15 is 0 Å². The van der Waals surface area contributed by atoms with E-state index in [1.807, 2.05) is 4.89 Å². The third-order valence-corrected chi connectivity index (χ3v) is 3.90. The number of sulfonamides is 1. The van der Waals surface area contributed by atoms with Crippen molar-refractivity contribution in [2.45, 2.75) is 38.6 Å². The maximum atomic E-state index is 12.0. The van der Waals surface area contributed by atoms with Crippen LogP contribution in [-0.2, 0) is 26.2 Å². The molecule has 108 valence electrons. The summed E-state index contributed by atoms with van der Waals surface area (Å²) in [6.07, 6.45) is -0.125. The van der Waals surface area contributed by atoms with Crippen molar-refractivity contribution in [3.63, 3.8) is 0 Å². The van der Waals surface area contributed by atoms with E-state index < -0.39 is 16.0 Å². The van der Waals surface area contributed by atoms with Crippen LogP contribution in [0.25, 0.3) is 0 Å². The first-order valence-corrected chi connectivity index (χ1v) is 7.17. The predicted octanol–water partition coefficient (Wildman–Crippen LogP) is 0.204. The Labute approximate surface area is 111 Å². The van der Waals surface area contributed by atoms with Crippen LogP contribution in [0.15, 0.2) is 4.90 Å². The molecule has 0 aliphatic heterocycles. The molecule has 0 aliphatic rings. The molecule has 0 spiro atoms. The van der Waals surface area contributed by atoms with Gasteiger partial charge in [-0.3, -0.25) is 14.3 Å². The Kier molecular flexibility index (Phi) is 5.04. The Bertz CT molecular complexity index is 564. The highest BCUT2D eigenvalue weighted by molar-refractivity contribution is 7.89. The number of aromatic nitrogens is 2. The van der Waals surface area contributed by atoms with Crippen LogP contribution < -0.4 is 4.89 Å². The fourth-order valence-corrected chi connectivity index (χ4v) is 2.95. The highest BCUT2D eigenvalue weighted by Gasteiger charge is 2.24. The minimum Gasteiger partial charge on any atom is -0.481 e. The maximum Gasteiger partial charge on any atom is 0.305 e. The summed E-state index contributed by atoms with van der Waals surface area (Å²) >= 11 is 0. The smallest absolute Gasteiger partial charge is 0.305 e. The van der Waals surface area contributed by atoms with E-state index in [1.165, 1.54) is 4.68 Å². The molecule has 19 heavy (non-hydrogen) atoms. The van der Waals surface area contributed by atoms with Gasteiger partial charge in [0, 0.05) is 0 Å². The molecule has 8 nitrogen and oxygen atoms in total. The predicted molar refractivity (Wildman–Crippen MR) is 65.9 cm³/mol. The number of carboxylic acid groups (broad SMARTS) is 1. The molecule has 0 radical (unpaired) electrons. The maximum absolute atomic E-state index is 12.0. The molecule has 0 unspecified atom stereocenters. The molecule has 0 saturated heterocycles. The average molecular weight is 291 g/mol. The van der Waals surface area contributed by atoms with E-state index in [0.717, 1.165) is 0 Å². The highest BCUT2D eigenvalue weighted by atomic mass is 32.2. The van der Waals surface area contributed by atoms with Crippen molar-refractivity contribution in [2.75, 3.05) is 6.61 Å². The number of aryl methyl sites for hydroxylation is 2. The highest BCUT2D eigenvalue weighted by Crippen LogP contribution is 2.19. The van der Waals surface area contributed by atoms with Gasteiger partial charge >= 0.3 is 5.97 Å². The van der Waals surface area contributed by atoms with Crippen molar-refractivity contribution in [3.8, 4) is 0 Å². The van der Waals surface area contributed by atoms with Gasteiger partial charge in [-0.2, -0.15) is 5.10 Å².